The fourth-order valence-corrected chi connectivity index (χ4v) is 4.44. The lowest BCUT2D eigenvalue weighted by Gasteiger charge is -2.24. The molecule has 1 aliphatic heterocycles. The summed E-state index contributed by atoms with van der Waals surface area (Å²) in [5.74, 6) is 0.197. The number of hydrogen-bond donors (Lipinski definition) is 1. The second-order valence-electron chi connectivity index (χ2n) is 7.19. The first-order valence-corrected chi connectivity index (χ1v) is 9.99. The number of imidazole rings is 1. The Kier molecular flexibility index (Phi) is 4.06. The minimum absolute atomic E-state index is 0.162. The quantitative estimate of drug-likeness (QED) is 0.487. The molecule has 0 unspecified atom stereocenters. The molecule has 0 spiro atoms. The average molecular weight is 454 g/mol. The zero-order chi connectivity index (χ0) is 20.3. The number of hydrogen-bond acceptors (Lipinski definition) is 3. The molecule has 0 saturated heterocycles. The van der Waals surface area contributed by atoms with Crippen molar-refractivity contribution in [1.82, 2.24) is 19.3 Å². The molecule has 1 N–H and O–H groups in total. The maximum Gasteiger partial charge on any atom is 0.233 e. The van der Waals surface area contributed by atoms with Crippen LogP contribution < -0.4 is 5.32 Å². The lowest BCUT2D eigenvalue weighted by Crippen LogP contribution is -2.25. The Bertz CT molecular complexity index is 1290. The van der Waals surface area contributed by atoms with Crippen molar-refractivity contribution >= 4 is 38.7 Å². The molecule has 3 heterocycles. The van der Waals surface area contributed by atoms with Crippen LogP contribution in [0.2, 0.25) is 0 Å². The molecule has 6 nitrogen and oxygen atoms in total. The second kappa shape index (κ2) is 6.52. The predicted molar refractivity (Wildman–Crippen MR) is 112 cm³/mol. The molecule has 146 valence electrons. The molecule has 5 rings (SSSR count). The Morgan fingerprint density at radius 3 is 2.83 bits per heavy atom. The highest BCUT2D eigenvalue weighted by atomic mass is 79.9. The van der Waals surface area contributed by atoms with Gasteiger partial charge in [0.15, 0.2) is 0 Å². The number of para-hydroxylation sites is 2. The molecule has 2 aromatic carbocycles. The normalized spacial score (nSPS) is 16.1. The highest BCUT2D eigenvalue weighted by Gasteiger charge is 2.35. The van der Waals surface area contributed by atoms with Gasteiger partial charge in [-0.05, 0) is 42.8 Å². The van der Waals surface area contributed by atoms with Crippen molar-refractivity contribution in [2.75, 3.05) is 5.32 Å². The summed E-state index contributed by atoms with van der Waals surface area (Å²) in [6, 6.07) is 12.6. The third kappa shape index (κ3) is 2.78. The van der Waals surface area contributed by atoms with Crippen LogP contribution in [-0.2, 0) is 11.8 Å². The van der Waals surface area contributed by atoms with Crippen LogP contribution in [0.5, 0.6) is 0 Å². The number of benzene rings is 2. The van der Waals surface area contributed by atoms with E-state index in [-0.39, 0.29) is 18.1 Å². The maximum absolute atomic E-state index is 14.6. The monoisotopic (exact) mass is 453 g/mol. The highest BCUT2D eigenvalue weighted by molar-refractivity contribution is 9.10. The van der Waals surface area contributed by atoms with Crippen LogP contribution >= 0.6 is 15.9 Å². The Hall–Kier alpha value is -3.00. The van der Waals surface area contributed by atoms with E-state index in [0.29, 0.717) is 17.3 Å². The molecule has 0 saturated carbocycles. The van der Waals surface area contributed by atoms with Gasteiger partial charge >= 0.3 is 0 Å². The topological polar surface area (TPSA) is 64.7 Å². The first kappa shape index (κ1) is 18.1. The van der Waals surface area contributed by atoms with E-state index in [4.69, 9.17) is 0 Å². The van der Waals surface area contributed by atoms with Crippen LogP contribution in [0.15, 0.2) is 46.9 Å². The van der Waals surface area contributed by atoms with Gasteiger partial charge in [-0.15, -0.1) is 0 Å². The summed E-state index contributed by atoms with van der Waals surface area (Å²) in [5.41, 5.74) is 3.82. The Morgan fingerprint density at radius 1 is 1.24 bits per heavy atom. The van der Waals surface area contributed by atoms with Crippen LogP contribution in [0.25, 0.3) is 17.0 Å². The van der Waals surface area contributed by atoms with Gasteiger partial charge in [0.1, 0.15) is 11.6 Å². The van der Waals surface area contributed by atoms with Gasteiger partial charge in [0, 0.05) is 29.4 Å². The summed E-state index contributed by atoms with van der Waals surface area (Å²) in [4.78, 5) is 17.2. The Morgan fingerprint density at radius 2 is 2.03 bits per heavy atom. The van der Waals surface area contributed by atoms with Gasteiger partial charge in [-0.25, -0.2) is 9.37 Å². The van der Waals surface area contributed by atoms with Crippen molar-refractivity contribution in [3.63, 3.8) is 0 Å². The van der Waals surface area contributed by atoms with Crippen LogP contribution in [-0.4, -0.2) is 25.2 Å². The molecule has 8 heteroatoms. The number of halogens is 2. The van der Waals surface area contributed by atoms with Gasteiger partial charge in [0.2, 0.25) is 11.9 Å². The molecule has 1 amide bonds. The Labute approximate surface area is 174 Å². The van der Waals surface area contributed by atoms with E-state index in [2.05, 4.69) is 31.3 Å². The molecule has 1 aliphatic rings. The van der Waals surface area contributed by atoms with Gasteiger partial charge in [-0.2, -0.15) is 9.78 Å². The van der Waals surface area contributed by atoms with Gasteiger partial charge in [-0.1, -0.05) is 28.1 Å². The molecule has 29 heavy (non-hydrogen) atoms. The molecular formula is C21H17BrFN5O. The number of aryl methyl sites for hydroxylation is 2. The maximum atomic E-state index is 14.6. The summed E-state index contributed by atoms with van der Waals surface area (Å²) < 4.78 is 19.0. The van der Waals surface area contributed by atoms with E-state index < -0.39 is 5.92 Å². The molecule has 0 fully saturated rings. The lowest BCUT2D eigenvalue weighted by molar-refractivity contribution is -0.116. The van der Waals surface area contributed by atoms with Crippen LogP contribution in [0.4, 0.5) is 10.2 Å². The van der Waals surface area contributed by atoms with Gasteiger partial charge < -0.3 is 9.88 Å². The van der Waals surface area contributed by atoms with Crippen LogP contribution in [0.3, 0.4) is 0 Å². The van der Waals surface area contributed by atoms with Crippen LogP contribution in [0, 0.1) is 12.7 Å². The van der Waals surface area contributed by atoms with Gasteiger partial charge in [-0.3, -0.25) is 4.79 Å². The largest absolute Gasteiger partial charge is 0.311 e. The van der Waals surface area contributed by atoms with E-state index in [1.807, 2.05) is 42.8 Å². The molecule has 0 radical (unpaired) electrons. The third-order valence-electron chi connectivity index (χ3n) is 5.39. The minimum Gasteiger partial charge on any atom is -0.311 e. The smallest absolute Gasteiger partial charge is 0.233 e. The van der Waals surface area contributed by atoms with Gasteiger partial charge in [0.25, 0.3) is 0 Å². The zero-order valence-electron chi connectivity index (χ0n) is 15.8. The second-order valence-corrected chi connectivity index (χ2v) is 8.11. The highest BCUT2D eigenvalue weighted by Crippen LogP contribution is 2.41. The standard InChI is InChI=1S/C21H17BrFN5O/c1-11-19-14(13-9-12(22)7-8-15(13)23)10-18(29)25-20(19)28(26-11)21-24-16-5-3-4-6-17(16)27(21)2/h3-9,14H,10H2,1-2H3,(H,25,29)/t14-/m1/s1. The van der Waals surface area contributed by atoms with Crippen molar-refractivity contribution in [3.8, 4) is 5.95 Å². The third-order valence-corrected chi connectivity index (χ3v) is 5.88. The summed E-state index contributed by atoms with van der Waals surface area (Å²) in [6.45, 7) is 1.87. The van der Waals surface area contributed by atoms with E-state index in [1.165, 1.54) is 6.07 Å². The molecule has 0 aliphatic carbocycles. The van der Waals surface area contributed by atoms with Crippen molar-refractivity contribution in [3.05, 3.63) is 69.6 Å². The summed E-state index contributed by atoms with van der Waals surface area (Å²) in [6.07, 6.45) is 0.162. The van der Waals surface area contributed by atoms with E-state index in [9.17, 15) is 9.18 Å². The number of aromatic nitrogens is 4. The van der Waals surface area contributed by atoms with Crippen molar-refractivity contribution in [1.29, 1.82) is 0 Å². The number of nitrogens with zero attached hydrogens (tertiary/aromatic N) is 4. The molecule has 4 aromatic rings. The number of carbonyl (C=O) groups is 1. The summed E-state index contributed by atoms with van der Waals surface area (Å²) in [7, 11) is 1.91. The van der Waals surface area contributed by atoms with Crippen molar-refractivity contribution in [2.45, 2.75) is 19.3 Å². The van der Waals surface area contributed by atoms with Crippen LogP contribution in [0.1, 0.15) is 29.2 Å². The number of fused-ring (bicyclic) bond motifs is 2. The fourth-order valence-electron chi connectivity index (χ4n) is 4.06. The molecule has 1 atom stereocenters. The number of rotatable bonds is 2. The van der Waals surface area contributed by atoms with E-state index >= 15 is 0 Å². The number of anilines is 1. The number of amides is 1. The average Bonchev–Trinajstić information content (AvgIpc) is 3.20. The molecule has 2 aromatic heterocycles. The number of nitrogens with one attached hydrogen (secondary N) is 1. The predicted octanol–water partition coefficient (Wildman–Crippen LogP) is 4.44. The summed E-state index contributed by atoms with van der Waals surface area (Å²) in [5, 5.41) is 7.59. The van der Waals surface area contributed by atoms with Crippen molar-refractivity contribution in [2.24, 2.45) is 7.05 Å². The summed E-state index contributed by atoms with van der Waals surface area (Å²) >= 11 is 3.41. The van der Waals surface area contributed by atoms with E-state index in [1.54, 1.807) is 16.8 Å². The first-order chi connectivity index (χ1) is 13.9. The SMILES string of the molecule is Cc1nn(-c2nc3ccccc3n2C)c2c1[C@@H](c1cc(Br)ccc1F)CC(=O)N2. The van der Waals surface area contributed by atoms with E-state index in [0.717, 1.165) is 26.8 Å². The molecule has 0 bridgehead atoms. The first-order valence-electron chi connectivity index (χ1n) is 9.20. The lowest BCUT2D eigenvalue weighted by atomic mass is 9.85. The van der Waals surface area contributed by atoms with Crippen molar-refractivity contribution < 1.29 is 9.18 Å². The number of carbonyl (C=O) groups excluding carboxylic acids is 1. The fraction of sp³-hybridized carbons (Fsp3) is 0.190. The minimum atomic E-state index is -0.417. The Balaban J connectivity index is 1.73. The molecular weight excluding hydrogens is 437 g/mol. The van der Waals surface area contributed by atoms with Gasteiger partial charge in [0.05, 0.1) is 16.7 Å². The zero-order valence-corrected chi connectivity index (χ0v) is 17.4.